The summed E-state index contributed by atoms with van der Waals surface area (Å²) in [5, 5.41) is 13.6. The normalized spacial score (nSPS) is 10.6. The van der Waals surface area contributed by atoms with Gasteiger partial charge >= 0.3 is 5.97 Å². The predicted molar refractivity (Wildman–Crippen MR) is 117 cm³/mol. The molecule has 3 rings (SSSR count). The van der Waals surface area contributed by atoms with Crippen LogP contribution in [0.1, 0.15) is 38.8 Å². The van der Waals surface area contributed by atoms with Crippen LogP contribution in [0.25, 0.3) is 22.8 Å². The van der Waals surface area contributed by atoms with Gasteiger partial charge in [-0.15, -0.1) is 0 Å². The van der Waals surface area contributed by atoms with Crippen molar-refractivity contribution in [2.45, 2.75) is 40.2 Å². The van der Waals surface area contributed by atoms with Gasteiger partial charge in [0.1, 0.15) is 17.6 Å². The van der Waals surface area contributed by atoms with Crippen LogP contribution in [0.4, 0.5) is 0 Å². The van der Waals surface area contributed by atoms with Gasteiger partial charge < -0.3 is 18.7 Å². The van der Waals surface area contributed by atoms with Crippen LogP contribution >= 0.6 is 0 Å². The minimum absolute atomic E-state index is 0.0475. The van der Waals surface area contributed by atoms with Gasteiger partial charge in [0.2, 0.25) is 5.82 Å². The van der Waals surface area contributed by atoms with Gasteiger partial charge in [0.05, 0.1) is 18.3 Å². The molecule has 8 nitrogen and oxygen atoms in total. The second-order valence-electron chi connectivity index (χ2n) is 7.14. The van der Waals surface area contributed by atoms with Gasteiger partial charge in [-0.2, -0.15) is 10.2 Å². The highest BCUT2D eigenvalue weighted by Crippen LogP contribution is 2.32. The van der Waals surface area contributed by atoms with Gasteiger partial charge in [-0.1, -0.05) is 24.2 Å². The average Bonchev–Trinajstić information content (AvgIpc) is 3.27. The molecule has 0 bridgehead atoms. The zero-order valence-electron chi connectivity index (χ0n) is 18.5. The van der Waals surface area contributed by atoms with E-state index >= 15 is 0 Å². The summed E-state index contributed by atoms with van der Waals surface area (Å²) in [5.41, 5.74) is 2.59. The lowest BCUT2D eigenvalue weighted by atomic mass is 10.0. The topological polar surface area (TPSA) is 107 Å². The Morgan fingerprint density at radius 1 is 1.19 bits per heavy atom. The van der Waals surface area contributed by atoms with E-state index in [0.717, 1.165) is 11.1 Å². The number of carbonyl (C=O) groups is 1. The standard InChI is InChI=1S/C24H25N3O5/c1-5-18-19(8-7-9-21(18)30-14-22(28)29-6-2)23-26-24(32-27-23)16-10-11-20(31-15(3)4)17(12-16)13-25/h7-12,15H,5-6,14H2,1-4H3. The molecule has 0 saturated heterocycles. The first-order valence-corrected chi connectivity index (χ1v) is 10.4. The van der Waals surface area contributed by atoms with Crippen LogP contribution in [-0.4, -0.2) is 35.4 Å². The fourth-order valence-electron chi connectivity index (χ4n) is 3.17. The predicted octanol–water partition coefficient (Wildman–Crippen LogP) is 4.57. The molecule has 0 aliphatic carbocycles. The maximum atomic E-state index is 11.6. The van der Waals surface area contributed by atoms with Crippen LogP contribution in [0.2, 0.25) is 0 Å². The lowest BCUT2D eigenvalue weighted by molar-refractivity contribution is -0.145. The van der Waals surface area contributed by atoms with E-state index in [9.17, 15) is 10.1 Å². The molecule has 3 aromatic rings. The quantitative estimate of drug-likeness (QED) is 0.450. The summed E-state index contributed by atoms with van der Waals surface area (Å²) in [4.78, 5) is 16.2. The molecule has 8 heteroatoms. The van der Waals surface area contributed by atoms with E-state index in [0.29, 0.717) is 41.5 Å². The second kappa shape index (κ2) is 10.4. The molecule has 0 aliphatic heterocycles. The second-order valence-corrected chi connectivity index (χ2v) is 7.14. The highest BCUT2D eigenvalue weighted by Gasteiger charge is 2.18. The summed E-state index contributed by atoms with van der Waals surface area (Å²) in [6.45, 7) is 7.64. The highest BCUT2D eigenvalue weighted by atomic mass is 16.6. The number of hydrogen-bond acceptors (Lipinski definition) is 8. The molecule has 32 heavy (non-hydrogen) atoms. The van der Waals surface area contributed by atoms with Gasteiger partial charge in [-0.25, -0.2) is 4.79 Å². The molecule has 0 fully saturated rings. The molecule has 0 spiro atoms. The van der Waals surface area contributed by atoms with E-state index in [4.69, 9.17) is 18.7 Å². The van der Waals surface area contributed by atoms with E-state index < -0.39 is 5.97 Å². The van der Waals surface area contributed by atoms with Crippen LogP contribution in [0.15, 0.2) is 40.9 Å². The lowest BCUT2D eigenvalue weighted by Crippen LogP contribution is -2.15. The number of rotatable bonds is 9. The van der Waals surface area contributed by atoms with Gasteiger partial charge in [-0.3, -0.25) is 0 Å². The minimum atomic E-state index is -0.431. The van der Waals surface area contributed by atoms with Gasteiger partial charge in [0.25, 0.3) is 5.89 Å². The first-order valence-electron chi connectivity index (χ1n) is 10.4. The highest BCUT2D eigenvalue weighted by molar-refractivity contribution is 5.72. The van der Waals surface area contributed by atoms with Crippen molar-refractivity contribution in [2.75, 3.05) is 13.2 Å². The third-order valence-electron chi connectivity index (χ3n) is 4.51. The van der Waals surface area contributed by atoms with Crippen molar-refractivity contribution in [3.05, 3.63) is 47.5 Å². The van der Waals surface area contributed by atoms with Crippen LogP contribution < -0.4 is 9.47 Å². The molecule has 0 N–H and O–H groups in total. The smallest absolute Gasteiger partial charge is 0.344 e. The molecule has 166 valence electrons. The molecule has 0 saturated carbocycles. The third kappa shape index (κ3) is 5.24. The summed E-state index contributed by atoms with van der Waals surface area (Å²) in [7, 11) is 0. The monoisotopic (exact) mass is 435 g/mol. The number of ether oxygens (including phenoxy) is 3. The summed E-state index contributed by atoms with van der Waals surface area (Å²) in [6, 6.07) is 12.7. The Bertz CT molecular complexity index is 1130. The molecule has 0 amide bonds. The molecule has 1 aromatic heterocycles. The van der Waals surface area contributed by atoms with Crippen molar-refractivity contribution in [1.29, 1.82) is 5.26 Å². The third-order valence-corrected chi connectivity index (χ3v) is 4.51. The van der Waals surface area contributed by atoms with E-state index in [1.165, 1.54) is 0 Å². The number of hydrogen-bond donors (Lipinski definition) is 0. The van der Waals surface area contributed by atoms with Crippen LogP contribution in [0.5, 0.6) is 11.5 Å². The van der Waals surface area contributed by atoms with Crippen LogP contribution in [-0.2, 0) is 16.0 Å². The summed E-state index contributed by atoms with van der Waals surface area (Å²) in [5.74, 6) is 1.31. The molecule has 0 aliphatic rings. The van der Waals surface area contributed by atoms with Crippen molar-refractivity contribution >= 4 is 5.97 Å². The first kappa shape index (κ1) is 22.8. The van der Waals surface area contributed by atoms with E-state index in [1.54, 1.807) is 37.3 Å². The number of esters is 1. The molecule has 0 radical (unpaired) electrons. The summed E-state index contributed by atoms with van der Waals surface area (Å²) >= 11 is 0. The van der Waals surface area contributed by atoms with E-state index in [2.05, 4.69) is 16.2 Å². The van der Waals surface area contributed by atoms with Crippen molar-refractivity contribution in [3.8, 4) is 40.4 Å². The summed E-state index contributed by atoms with van der Waals surface area (Å²) in [6.07, 6.45) is 0.589. The Hall–Kier alpha value is -3.86. The van der Waals surface area contributed by atoms with E-state index in [-0.39, 0.29) is 18.6 Å². The molecular weight excluding hydrogens is 410 g/mol. The van der Waals surface area contributed by atoms with Crippen LogP contribution in [0.3, 0.4) is 0 Å². The number of benzene rings is 2. The van der Waals surface area contributed by atoms with Crippen molar-refractivity contribution in [1.82, 2.24) is 10.1 Å². The maximum absolute atomic E-state index is 11.6. The van der Waals surface area contributed by atoms with E-state index in [1.807, 2.05) is 26.8 Å². The Labute approximate surface area is 186 Å². The number of nitrogens with zero attached hydrogens (tertiary/aromatic N) is 3. The molecular formula is C24H25N3O5. The zero-order chi connectivity index (χ0) is 23.1. The number of nitriles is 1. The first-order chi connectivity index (χ1) is 15.5. The van der Waals surface area contributed by atoms with Crippen molar-refractivity contribution in [3.63, 3.8) is 0 Å². The fraction of sp³-hybridized carbons (Fsp3) is 0.333. The van der Waals surface area contributed by atoms with Gasteiger partial charge in [-0.05, 0) is 51.5 Å². The van der Waals surface area contributed by atoms with Gasteiger partial charge in [0.15, 0.2) is 6.61 Å². The van der Waals surface area contributed by atoms with Crippen molar-refractivity contribution < 1.29 is 23.5 Å². The Morgan fingerprint density at radius 3 is 2.69 bits per heavy atom. The molecule has 0 atom stereocenters. The number of carbonyl (C=O) groups excluding carboxylic acids is 1. The Morgan fingerprint density at radius 2 is 2.00 bits per heavy atom. The molecule has 0 unspecified atom stereocenters. The average molecular weight is 435 g/mol. The zero-order valence-corrected chi connectivity index (χ0v) is 18.5. The number of aromatic nitrogens is 2. The minimum Gasteiger partial charge on any atom is -0.490 e. The van der Waals surface area contributed by atoms with Crippen molar-refractivity contribution in [2.24, 2.45) is 0 Å². The Kier molecular flexibility index (Phi) is 7.45. The summed E-state index contributed by atoms with van der Waals surface area (Å²) < 4.78 is 21.7. The molecule has 2 aromatic carbocycles. The largest absolute Gasteiger partial charge is 0.490 e. The lowest BCUT2D eigenvalue weighted by Gasteiger charge is -2.12. The van der Waals surface area contributed by atoms with Crippen LogP contribution in [0, 0.1) is 11.3 Å². The fourth-order valence-corrected chi connectivity index (χ4v) is 3.17. The maximum Gasteiger partial charge on any atom is 0.344 e. The Balaban J connectivity index is 1.89. The SMILES string of the molecule is CCOC(=O)COc1cccc(-c2noc(-c3ccc(OC(C)C)c(C#N)c3)n2)c1CC. The molecule has 1 heterocycles. The van der Waals surface area contributed by atoms with Gasteiger partial charge in [0, 0.05) is 16.7 Å².